The third-order valence-corrected chi connectivity index (χ3v) is 7.46. The van der Waals surface area contributed by atoms with Gasteiger partial charge < -0.3 is 4.90 Å². The molecule has 0 aliphatic heterocycles. The molecule has 8 heteroatoms. The van der Waals surface area contributed by atoms with E-state index >= 15 is 0 Å². The molecular formula is C23H32N4O3S. The number of nitrogens with zero attached hydrogens (tertiary/aromatic N) is 3. The molecular weight excluding hydrogens is 412 g/mol. The Kier molecular flexibility index (Phi) is 5.96. The molecule has 0 fully saturated rings. The maximum absolute atomic E-state index is 13.0. The van der Waals surface area contributed by atoms with Crippen molar-refractivity contribution in [2.75, 3.05) is 14.1 Å². The predicted octanol–water partition coefficient (Wildman–Crippen LogP) is 2.55. The molecule has 1 aromatic carbocycles. The molecule has 1 heterocycles. The van der Waals surface area contributed by atoms with Crippen LogP contribution in [-0.4, -0.2) is 43.1 Å². The average Bonchev–Trinajstić information content (AvgIpc) is 3.39. The first-order valence-corrected chi connectivity index (χ1v) is 12.6. The van der Waals surface area contributed by atoms with Crippen molar-refractivity contribution in [3.63, 3.8) is 0 Å². The van der Waals surface area contributed by atoms with E-state index in [0.29, 0.717) is 6.54 Å². The molecule has 0 spiro atoms. The standard InChI is InChI=1S/C23H32N4O3S/c1-15(2)27-18(14-26(3)4)12-23(24-27)31(29,30)25-22(28)13-21-19-9-5-7-16(19)11-17-8-6-10-20(17)21/h11-12,15H,5-10,13-14H2,1-4H3,(H,25,28). The number of rotatable bonds is 7. The van der Waals surface area contributed by atoms with Crippen LogP contribution in [0.5, 0.6) is 0 Å². The molecule has 0 bridgehead atoms. The fraction of sp³-hybridized carbons (Fsp3) is 0.565. The number of carbonyl (C=O) groups is 1. The number of aryl methyl sites for hydroxylation is 2. The number of hydrogen-bond acceptors (Lipinski definition) is 5. The number of nitrogens with one attached hydrogen (secondary N) is 1. The molecule has 31 heavy (non-hydrogen) atoms. The summed E-state index contributed by atoms with van der Waals surface area (Å²) in [6, 6.07) is 3.89. The van der Waals surface area contributed by atoms with Crippen LogP contribution in [0.15, 0.2) is 17.2 Å². The number of aromatic nitrogens is 2. The quantitative estimate of drug-likeness (QED) is 0.710. The highest BCUT2D eigenvalue weighted by Crippen LogP contribution is 2.35. The zero-order valence-electron chi connectivity index (χ0n) is 18.9. The van der Waals surface area contributed by atoms with Crippen LogP contribution in [0, 0.1) is 0 Å². The van der Waals surface area contributed by atoms with Gasteiger partial charge in [-0.2, -0.15) is 13.5 Å². The van der Waals surface area contributed by atoms with Gasteiger partial charge in [0, 0.05) is 18.7 Å². The number of sulfonamides is 1. The van der Waals surface area contributed by atoms with Crippen LogP contribution in [0.2, 0.25) is 0 Å². The second-order valence-electron chi connectivity index (χ2n) is 9.29. The zero-order chi connectivity index (χ0) is 22.3. The van der Waals surface area contributed by atoms with Crippen molar-refractivity contribution in [2.45, 2.75) is 76.4 Å². The lowest BCUT2D eigenvalue weighted by molar-refractivity contribution is -0.118. The van der Waals surface area contributed by atoms with Gasteiger partial charge in [-0.1, -0.05) is 6.07 Å². The van der Waals surface area contributed by atoms with Crippen LogP contribution >= 0.6 is 0 Å². The van der Waals surface area contributed by atoms with Crippen LogP contribution in [0.4, 0.5) is 0 Å². The monoisotopic (exact) mass is 444 g/mol. The number of fused-ring (bicyclic) bond motifs is 2. The maximum atomic E-state index is 13.0. The maximum Gasteiger partial charge on any atom is 0.283 e. The molecule has 4 rings (SSSR count). The van der Waals surface area contributed by atoms with Gasteiger partial charge in [0.15, 0.2) is 5.03 Å². The van der Waals surface area contributed by atoms with Crippen molar-refractivity contribution < 1.29 is 13.2 Å². The van der Waals surface area contributed by atoms with Gasteiger partial charge in [-0.15, -0.1) is 0 Å². The number of benzene rings is 1. The summed E-state index contributed by atoms with van der Waals surface area (Å²) in [5, 5.41) is 4.20. The van der Waals surface area contributed by atoms with E-state index in [-0.39, 0.29) is 17.5 Å². The van der Waals surface area contributed by atoms with Crippen molar-refractivity contribution in [1.29, 1.82) is 0 Å². The van der Waals surface area contributed by atoms with Crippen molar-refractivity contribution in [2.24, 2.45) is 0 Å². The SMILES string of the molecule is CC(C)n1nc(S(=O)(=O)NC(=O)Cc2c3c(cc4c2CCC4)CCC3)cc1CN(C)C. The van der Waals surface area contributed by atoms with Crippen LogP contribution in [0.1, 0.15) is 66.2 Å². The van der Waals surface area contributed by atoms with Gasteiger partial charge in [0.25, 0.3) is 10.0 Å². The van der Waals surface area contributed by atoms with E-state index in [1.165, 1.54) is 22.3 Å². The molecule has 2 aromatic rings. The Bertz CT molecular complexity index is 1080. The minimum atomic E-state index is -4.03. The molecule has 1 amide bonds. The number of hydrogen-bond donors (Lipinski definition) is 1. The van der Waals surface area contributed by atoms with E-state index in [0.717, 1.165) is 49.8 Å². The van der Waals surface area contributed by atoms with Crippen molar-refractivity contribution in [3.05, 3.63) is 45.6 Å². The van der Waals surface area contributed by atoms with Crippen molar-refractivity contribution in [3.8, 4) is 0 Å². The van der Waals surface area contributed by atoms with Crippen molar-refractivity contribution >= 4 is 15.9 Å². The first-order valence-electron chi connectivity index (χ1n) is 11.1. The normalized spacial score (nSPS) is 15.5. The fourth-order valence-corrected chi connectivity index (χ4v) is 5.94. The van der Waals surface area contributed by atoms with E-state index in [1.807, 2.05) is 32.8 Å². The van der Waals surface area contributed by atoms with Crippen molar-refractivity contribution in [1.82, 2.24) is 19.4 Å². The Balaban J connectivity index is 1.57. The fourth-order valence-electron chi connectivity index (χ4n) is 4.98. The highest BCUT2D eigenvalue weighted by Gasteiger charge is 2.28. The zero-order valence-corrected chi connectivity index (χ0v) is 19.7. The Labute approximate surface area is 184 Å². The molecule has 1 aromatic heterocycles. The third-order valence-electron chi connectivity index (χ3n) is 6.22. The topological polar surface area (TPSA) is 84.3 Å². The Hall–Kier alpha value is -2.19. The van der Waals surface area contributed by atoms with E-state index in [2.05, 4.69) is 15.9 Å². The number of carbonyl (C=O) groups excluding carboxylic acids is 1. The molecule has 2 aliphatic rings. The molecule has 0 unspecified atom stereocenters. The summed E-state index contributed by atoms with van der Waals surface area (Å²) < 4.78 is 29.9. The second-order valence-corrected chi connectivity index (χ2v) is 10.9. The molecule has 0 saturated carbocycles. The van der Waals surface area contributed by atoms with Crippen LogP contribution in [0.25, 0.3) is 0 Å². The van der Waals surface area contributed by atoms with E-state index in [9.17, 15) is 13.2 Å². The molecule has 7 nitrogen and oxygen atoms in total. The molecule has 0 atom stereocenters. The molecule has 0 radical (unpaired) electrons. The molecule has 1 N–H and O–H groups in total. The average molecular weight is 445 g/mol. The molecule has 2 aliphatic carbocycles. The first kappa shape index (κ1) is 22.0. The van der Waals surface area contributed by atoms with E-state index in [4.69, 9.17) is 0 Å². The highest BCUT2D eigenvalue weighted by molar-refractivity contribution is 7.90. The van der Waals surface area contributed by atoms with Gasteiger partial charge in [-0.25, -0.2) is 4.72 Å². The summed E-state index contributed by atoms with van der Waals surface area (Å²) in [6.07, 6.45) is 6.38. The lowest BCUT2D eigenvalue weighted by Crippen LogP contribution is -2.32. The van der Waals surface area contributed by atoms with Gasteiger partial charge >= 0.3 is 0 Å². The Morgan fingerprint density at radius 1 is 1.10 bits per heavy atom. The van der Waals surface area contributed by atoms with Crippen LogP contribution in [0.3, 0.4) is 0 Å². The number of amides is 1. The van der Waals surface area contributed by atoms with Crippen LogP contribution in [-0.2, 0) is 53.5 Å². The van der Waals surface area contributed by atoms with Gasteiger partial charge in [-0.3, -0.25) is 9.48 Å². The largest absolute Gasteiger partial charge is 0.304 e. The summed E-state index contributed by atoms with van der Waals surface area (Å²) in [4.78, 5) is 14.8. The summed E-state index contributed by atoms with van der Waals surface area (Å²) in [5.74, 6) is -0.484. The summed E-state index contributed by atoms with van der Waals surface area (Å²) in [7, 11) is -0.187. The second kappa shape index (κ2) is 8.39. The van der Waals surface area contributed by atoms with Crippen LogP contribution < -0.4 is 4.72 Å². The molecule has 0 saturated heterocycles. The highest BCUT2D eigenvalue weighted by atomic mass is 32.2. The first-order chi connectivity index (χ1) is 14.7. The minimum Gasteiger partial charge on any atom is -0.304 e. The van der Waals surface area contributed by atoms with Gasteiger partial charge in [0.2, 0.25) is 5.91 Å². The van der Waals surface area contributed by atoms with Gasteiger partial charge in [0.1, 0.15) is 0 Å². The third kappa shape index (κ3) is 4.41. The predicted molar refractivity (Wildman–Crippen MR) is 120 cm³/mol. The summed E-state index contributed by atoms with van der Waals surface area (Å²) in [5.41, 5.74) is 7.09. The lowest BCUT2D eigenvalue weighted by Gasteiger charge is -2.15. The lowest BCUT2D eigenvalue weighted by atomic mass is 9.92. The van der Waals surface area contributed by atoms with Gasteiger partial charge in [0.05, 0.1) is 12.1 Å². The summed E-state index contributed by atoms with van der Waals surface area (Å²) in [6.45, 7) is 4.48. The molecule has 168 valence electrons. The van der Waals surface area contributed by atoms with E-state index in [1.54, 1.807) is 10.7 Å². The van der Waals surface area contributed by atoms with E-state index < -0.39 is 15.9 Å². The van der Waals surface area contributed by atoms with Gasteiger partial charge in [-0.05, 0) is 94.3 Å². The Morgan fingerprint density at radius 2 is 1.71 bits per heavy atom. The minimum absolute atomic E-state index is 0.0177. The Morgan fingerprint density at radius 3 is 2.26 bits per heavy atom. The smallest absolute Gasteiger partial charge is 0.283 e. The summed E-state index contributed by atoms with van der Waals surface area (Å²) >= 11 is 0.